The summed E-state index contributed by atoms with van der Waals surface area (Å²) in [5.41, 5.74) is -0.628. The number of fused-ring (bicyclic) bond motifs is 2. The second kappa shape index (κ2) is 6.98. The molecule has 1 aromatic carbocycles. The minimum absolute atomic E-state index is 0.233. The number of amides is 1. The molecule has 142 valence electrons. The summed E-state index contributed by atoms with van der Waals surface area (Å²) in [5.74, 6) is -0.769. The number of aromatic hydroxyl groups is 1. The Labute approximate surface area is 160 Å². The number of hydrogen-bond donors (Lipinski definition) is 2. The van der Waals surface area contributed by atoms with Gasteiger partial charge in [0, 0.05) is 11.6 Å². The Morgan fingerprint density at radius 2 is 2.00 bits per heavy atom. The first-order chi connectivity index (χ1) is 13.0. The summed E-state index contributed by atoms with van der Waals surface area (Å²) in [7, 11) is 0. The number of rotatable bonds is 3. The number of ether oxygens (including phenoxy) is 1. The molecule has 2 heterocycles. The van der Waals surface area contributed by atoms with Crippen LogP contribution in [-0.2, 0) is 23.4 Å². The molecule has 7 nitrogen and oxygen atoms in total. The quantitative estimate of drug-likeness (QED) is 0.840. The fourth-order valence-electron chi connectivity index (χ4n) is 3.84. The number of nitrogens with zero attached hydrogens (tertiary/aromatic N) is 2. The normalized spacial score (nSPS) is 17.7. The summed E-state index contributed by atoms with van der Waals surface area (Å²) in [4.78, 5) is 29.6. The molecule has 0 saturated heterocycles. The van der Waals surface area contributed by atoms with E-state index in [1.165, 1.54) is 4.57 Å². The summed E-state index contributed by atoms with van der Waals surface area (Å²) in [6, 6.07) is 7.04. The lowest BCUT2D eigenvalue weighted by Crippen LogP contribution is -2.44. The summed E-state index contributed by atoms with van der Waals surface area (Å²) in [5, 5.41) is 13.6. The standard InChI is InChI=1S/C19H20ClN3O4/c20-13-5-3-12(4-6-13)11-21-16(25)14-15(24)17(26)23-9-10-27-19(18(23)22-14)7-1-2-8-19/h3-6,24H,1-2,7-11H2,(H,21,25). The topological polar surface area (TPSA) is 93.5 Å². The fraction of sp³-hybridized carbons (Fsp3) is 0.421. The van der Waals surface area contributed by atoms with Gasteiger partial charge in [-0.05, 0) is 43.4 Å². The van der Waals surface area contributed by atoms with Crippen LogP contribution in [0, 0.1) is 0 Å². The third-order valence-electron chi connectivity index (χ3n) is 5.24. The van der Waals surface area contributed by atoms with Crippen molar-refractivity contribution in [2.75, 3.05) is 6.61 Å². The van der Waals surface area contributed by atoms with E-state index in [4.69, 9.17) is 16.3 Å². The highest BCUT2D eigenvalue weighted by molar-refractivity contribution is 6.30. The zero-order chi connectivity index (χ0) is 19.0. The van der Waals surface area contributed by atoms with Gasteiger partial charge in [0.05, 0.1) is 13.2 Å². The van der Waals surface area contributed by atoms with Gasteiger partial charge in [-0.3, -0.25) is 14.2 Å². The molecule has 8 heteroatoms. The zero-order valence-corrected chi connectivity index (χ0v) is 15.5. The Bertz CT molecular complexity index is 933. The van der Waals surface area contributed by atoms with E-state index < -0.39 is 22.8 Å². The molecular weight excluding hydrogens is 370 g/mol. The van der Waals surface area contributed by atoms with E-state index >= 15 is 0 Å². The lowest BCUT2D eigenvalue weighted by Gasteiger charge is -2.35. The molecule has 1 spiro atoms. The van der Waals surface area contributed by atoms with Crippen LogP contribution in [0.3, 0.4) is 0 Å². The van der Waals surface area contributed by atoms with Crippen molar-refractivity contribution in [3.63, 3.8) is 0 Å². The highest BCUT2D eigenvalue weighted by Gasteiger charge is 2.44. The Kier molecular flexibility index (Phi) is 4.65. The maximum Gasteiger partial charge on any atom is 0.296 e. The van der Waals surface area contributed by atoms with Crippen molar-refractivity contribution in [2.45, 2.75) is 44.4 Å². The zero-order valence-electron chi connectivity index (χ0n) is 14.7. The van der Waals surface area contributed by atoms with Crippen LogP contribution in [-0.4, -0.2) is 27.2 Å². The summed E-state index contributed by atoms with van der Waals surface area (Å²) < 4.78 is 7.42. The van der Waals surface area contributed by atoms with Crippen molar-refractivity contribution in [2.24, 2.45) is 0 Å². The van der Waals surface area contributed by atoms with Gasteiger partial charge in [-0.25, -0.2) is 4.98 Å². The Morgan fingerprint density at radius 1 is 1.30 bits per heavy atom. The lowest BCUT2D eigenvalue weighted by molar-refractivity contribution is -0.0789. The number of nitrogens with one attached hydrogen (secondary N) is 1. The van der Waals surface area contributed by atoms with E-state index in [2.05, 4.69) is 10.3 Å². The SMILES string of the molecule is O=C(NCc1ccc(Cl)cc1)c1nc2n(c(=O)c1O)CCOC21CCCC1. The minimum Gasteiger partial charge on any atom is -0.501 e. The van der Waals surface area contributed by atoms with Gasteiger partial charge in [0.2, 0.25) is 5.75 Å². The molecule has 0 bridgehead atoms. The van der Waals surface area contributed by atoms with Crippen LogP contribution in [0.15, 0.2) is 29.1 Å². The van der Waals surface area contributed by atoms with Crippen molar-refractivity contribution >= 4 is 17.5 Å². The molecule has 1 aromatic heterocycles. The first kappa shape index (κ1) is 18.0. The van der Waals surface area contributed by atoms with Crippen molar-refractivity contribution in [3.05, 3.63) is 56.7 Å². The summed E-state index contributed by atoms with van der Waals surface area (Å²) >= 11 is 5.86. The number of carbonyl (C=O) groups is 1. The van der Waals surface area contributed by atoms with E-state index in [-0.39, 0.29) is 12.2 Å². The number of hydrogen-bond acceptors (Lipinski definition) is 5. The molecule has 1 aliphatic carbocycles. The van der Waals surface area contributed by atoms with Crippen LogP contribution >= 0.6 is 11.6 Å². The predicted molar refractivity (Wildman–Crippen MR) is 98.9 cm³/mol. The molecule has 27 heavy (non-hydrogen) atoms. The lowest BCUT2D eigenvalue weighted by atomic mass is 9.99. The van der Waals surface area contributed by atoms with Crippen molar-refractivity contribution in [3.8, 4) is 5.75 Å². The molecule has 1 aliphatic heterocycles. The third kappa shape index (κ3) is 3.21. The molecule has 0 atom stereocenters. The van der Waals surface area contributed by atoms with E-state index in [1.54, 1.807) is 24.3 Å². The van der Waals surface area contributed by atoms with Gasteiger partial charge in [0.15, 0.2) is 5.69 Å². The Balaban J connectivity index is 1.64. The van der Waals surface area contributed by atoms with Gasteiger partial charge < -0.3 is 15.2 Å². The van der Waals surface area contributed by atoms with Crippen LogP contribution < -0.4 is 10.9 Å². The average Bonchev–Trinajstić information content (AvgIpc) is 3.13. The van der Waals surface area contributed by atoms with Crippen LogP contribution in [0.1, 0.15) is 47.6 Å². The summed E-state index contributed by atoms with van der Waals surface area (Å²) in [6.45, 7) is 0.955. The maximum atomic E-state index is 12.6. The number of benzene rings is 1. The van der Waals surface area contributed by atoms with Crippen LogP contribution in [0.2, 0.25) is 5.02 Å². The second-order valence-corrected chi connectivity index (χ2v) is 7.38. The molecule has 1 saturated carbocycles. The highest BCUT2D eigenvalue weighted by atomic mass is 35.5. The number of halogens is 1. The highest BCUT2D eigenvalue weighted by Crippen LogP contribution is 2.42. The monoisotopic (exact) mass is 389 g/mol. The Morgan fingerprint density at radius 3 is 2.70 bits per heavy atom. The molecule has 0 unspecified atom stereocenters. The van der Waals surface area contributed by atoms with E-state index in [9.17, 15) is 14.7 Å². The molecule has 2 aliphatic rings. The summed E-state index contributed by atoms with van der Waals surface area (Å²) in [6.07, 6.45) is 3.48. The smallest absolute Gasteiger partial charge is 0.296 e. The van der Waals surface area contributed by atoms with Crippen molar-refractivity contribution in [1.29, 1.82) is 0 Å². The fourth-order valence-corrected chi connectivity index (χ4v) is 3.96. The molecule has 0 radical (unpaired) electrons. The Hall–Kier alpha value is -2.38. The maximum absolute atomic E-state index is 12.6. The number of carbonyl (C=O) groups excluding carboxylic acids is 1. The van der Waals surface area contributed by atoms with Gasteiger partial charge in [-0.2, -0.15) is 0 Å². The number of aromatic nitrogens is 2. The molecule has 2 aromatic rings. The largest absolute Gasteiger partial charge is 0.501 e. The molecule has 4 rings (SSSR count). The van der Waals surface area contributed by atoms with Crippen LogP contribution in [0.4, 0.5) is 0 Å². The molecule has 1 amide bonds. The molecule has 2 N–H and O–H groups in total. The predicted octanol–water partition coefficient (Wildman–Crippen LogP) is 2.33. The van der Waals surface area contributed by atoms with Gasteiger partial charge in [-0.1, -0.05) is 23.7 Å². The van der Waals surface area contributed by atoms with Crippen molar-refractivity contribution in [1.82, 2.24) is 14.9 Å². The van der Waals surface area contributed by atoms with E-state index in [0.717, 1.165) is 31.2 Å². The molecular formula is C19H20ClN3O4. The average molecular weight is 390 g/mol. The van der Waals surface area contributed by atoms with Gasteiger partial charge in [-0.15, -0.1) is 0 Å². The third-order valence-corrected chi connectivity index (χ3v) is 5.49. The van der Waals surface area contributed by atoms with Crippen molar-refractivity contribution < 1.29 is 14.6 Å². The van der Waals surface area contributed by atoms with Crippen LogP contribution in [0.25, 0.3) is 0 Å². The van der Waals surface area contributed by atoms with Gasteiger partial charge in [0.25, 0.3) is 11.5 Å². The van der Waals surface area contributed by atoms with E-state index in [1.807, 2.05) is 0 Å². The van der Waals surface area contributed by atoms with Gasteiger partial charge in [0.1, 0.15) is 11.4 Å². The minimum atomic E-state index is -0.629. The van der Waals surface area contributed by atoms with Gasteiger partial charge >= 0.3 is 0 Å². The molecule has 1 fully saturated rings. The van der Waals surface area contributed by atoms with Crippen LogP contribution in [0.5, 0.6) is 5.75 Å². The van der Waals surface area contributed by atoms with E-state index in [0.29, 0.717) is 24.0 Å². The first-order valence-electron chi connectivity index (χ1n) is 9.01. The first-order valence-corrected chi connectivity index (χ1v) is 9.39. The second-order valence-electron chi connectivity index (χ2n) is 6.95.